The van der Waals surface area contributed by atoms with Gasteiger partial charge in [-0.25, -0.2) is 4.98 Å². The van der Waals surface area contributed by atoms with Gasteiger partial charge in [-0.15, -0.1) is 0 Å². The zero-order chi connectivity index (χ0) is 15.8. The van der Waals surface area contributed by atoms with Crippen LogP contribution in [0.4, 0.5) is 0 Å². The average molecular weight is 305 g/mol. The van der Waals surface area contributed by atoms with Gasteiger partial charge in [0.2, 0.25) is 0 Å². The lowest BCUT2D eigenvalue weighted by Gasteiger charge is -2.17. The van der Waals surface area contributed by atoms with E-state index in [-0.39, 0.29) is 0 Å². The molecule has 3 nitrogen and oxygen atoms in total. The molecular weight excluding hydrogens is 282 g/mol. The van der Waals surface area contributed by atoms with E-state index in [9.17, 15) is 0 Å². The van der Waals surface area contributed by atoms with Gasteiger partial charge in [-0.3, -0.25) is 0 Å². The minimum atomic E-state index is 0.887. The molecule has 2 aromatic heterocycles. The van der Waals surface area contributed by atoms with E-state index < -0.39 is 0 Å². The maximum atomic E-state index is 4.92. The van der Waals surface area contributed by atoms with Gasteiger partial charge in [0.25, 0.3) is 0 Å². The Kier molecular flexibility index (Phi) is 3.66. The smallest absolute Gasteiger partial charge is 0.137 e. The van der Waals surface area contributed by atoms with Gasteiger partial charge in [0.1, 0.15) is 5.65 Å². The molecule has 0 saturated heterocycles. The van der Waals surface area contributed by atoms with Gasteiger partial charge < -0.3 is 9.30 Å². The summed E-state index contributed by atoms with van der Waals surface area (Å²) in [5.74, 6) is 0. The van der Waals surface area contributed by atoms with Crippen LogP contribution in [0.5, 0.6) is 0 Å². The topological polar surface area (TPSA) is 20.5 Å². The fourth-order valence-corrected chi connectivity index (χ4v) is 3.61. The predicted molar refractivity (Wildman–Crippen MR) is 94.7 cm³/mol. The van der Waals surface area contributed by atoms with Crippen LogP contribution < -0.4 is 0 Å². The molecule has 0 saturated carbocycles. The summed E-state index contributed by atoms with van der Waals surface area (Å²) in [6.45, 7) is 0.887. The maximum Gasteiger partial charge on any atom is 0.137 e. The molecule has 0 aliphatic heterocycles. The van der Waals surface area contributed by atoms with Crippen molar-refractivity contribution in [2.24, 2.45) is 0 Å². The van der Waals surface area contributed by atoms with E-state index in [1.807, 2.05) is 0 Å². The van der Waals surface area contributed by atoms with Crippen LogP contribution in [-0.2, 0) is 19.4 Å². The summed E-state index contributed by atoms with van der Waals surface area (Å²) in [6, 6.07) is 13.2. The second kappa shape index (κ2) is 5.82. The predicted octanol–water partition coefficient (Wildman–Crippen LogP) is 3.94. The third-order valence-electron chi connectivity index (χ3n) is 4.72. The van der Waals surface area contributed by atoms with Crippen molar-refractivity contribution in [2.45, 2.75) is 32.2 Å². The van der Waals surface area contributed by atoms with Crippen molar-refractivity contribution in [3.05, 3.63) is 59.4 Å². The highest BCUT2D eigenvalue weighted by atomic mass is 15.1. The molecule has 4 rings (SSSR count). The van der Waals surface area contributed by atoms with Crippen molar-refractivity contribution in [1.29, 1.82) is 0 Å². The van der Waals surface area contributed by atoms with Crippen LogP contribution in [0.3, 0.4) is 0 Å². The van der Waals surface area contributed by atoms with Crippen molar-refractivity contribution in [1.82, 2.24) is 14.3 Å². The number of aromatic nitrogens is 2. The van der Waals surface area contributed by atoms with Crippen molar-refractivity contribution < 1.29 is 0 Å². The van der Waals surface area contributed by atoms with Gasteiger partial charge in [0.05, 0.1) is 11.4 Å². The second-order valence-corrected chi connectivity index (χ2v) is 6.76. The van der Waals surface area contributed by atoms with E-state index in [4.69, 9.17) is 4.98 Å². The zero-order valence-corrected chi connectivity index (χ0v) is 13.9. The minimum Gasteiger partial charge on any atom is -0.304 e. The van der Waals surface area contributed by atoms with E-state index in [0.717, 1.165) is 17.9 Å². The first-order valence-electron chi connectivity index (χ1n) is 8.45. The van der Waals surface area contributed by atoms with Crippen LogP contribution in [0, 0.1) is 0 Å². The largest absolute Gasteiger partial charge is 0.304 e. The number of hydrogen-bond acceptors (Lipinski definition) is 2. The fourth-order valence-electron chi connectivity index (χ4n) is 3.61. The molecule has 3 heteroatoms. The first-order chi connectivity index (χ1) is 11.2. The number of imidazole rings is 1. The minimum absolute atomic E-state index is 0.887. The molecule has 2 heterocycles. The van der Waals surface area contributed by atoms with Gasteiger partial charge in [0, 0.05) is 18.3 Å². The quantitative estimate of drug-likeness (QED) is 0.730. The number of nitrogens with zero attached hydrogens (tertiary/aromatic N) is 3. The van der Waals surface area contributed by atoms with Crippen molar-refractivity contribution in [3.8, 4) is 11.3 Å². The summed E-state index contributed by atoms with van der Waals surface area (Å²) >= 11 is 0. The molecular formula is C20H23N3. The normalized spacial score (nSPS) is 14.4. The molecule has 0 atom stereocenters. The number of rotatable bonds is 3. The van der Waals surface area contributed by atoms with Crippen LogP contribution in [0.2, 0.25) is 0 Å². The van der Waals surface area contributed by atoms with Crippen molar-refractivity contribution >= 4 is 5.65 Å². The molecule has 0 radical (unpaired) electrons. The Bertz CT molecular complexity index is 845. The molecule has 0 fully saturated rings. The van der Waals surface area contributed by atoms with Gasteiger partial charge >= 0.3 is 0 Å². The van der Waals surface area contributed by atoms with E-state index in [0.29, 0.717) is 0 Å². The zero-order valence-electron chi connectivity index (χ0n) is 13.9. The Balaban J connectivity index is 1.87. The van der Waals surface area contributed by atoms with Crippen LogP contribution in [-0.4, -0.2) is 28.4 Å². The third kappa shape index (κ3) is 2.66. The molecule has 0 N–H and O–H groups in total. The molecule has 23 heavy (non-hydrogen) atoms. The Morgan fingerprint density at radius 1 is 1.04 bits per heavy atom. The van der Waals surface area contributed by atoms with E-state index in [1.165, 1.54) is 48.1 Å². The van der Waals surface area contributed by atoms with Crippen LogP contribution in [0.15, 0.2) is 42.6 Å². The molecule has 1 aliphatic rings. The number of aryl methyl sites for hydroxylation is 2. The molecule has 1 aliphatic carbocycles. The summed E-state index contributed by atoms with van der Waals surface area (Å²) in [5.41, 5.74) is 7.71. The summed E-state index contributed by atoms with van der Waals surface area (Å²) < 4.78 is 2.22. The van der Waals surface area contributed by atoms with Gasteiger partial charge in [-0.2, -0.15) is 0 Å². The molecule has 0 amide bonds. The molecule has 118 valence electrons. The summed E-state index contributed by atoms with van der Waals surface area (Å²) in [4.78, 5) is 7.13. The standard InChI is InChI=1S/C20H23N3/c1-22(2)14-18-20(21-19-9-5-6-12-23(18)19)17-11-10-15-7-3-4-8-16(15)13-17/h5-6,9-13H,3-4,7-8,14H2,1-2H3. The molecule has 0 spiro atoms. The van der Waals surface area contributed by atoms with Crippen LogP contribution in [0.1, 0.15) is 29.7 Å². The molecule has 0 bridgehead atoms. The maximum absolute atomic E-state index is 4.92. The lowest BCUT2D eigenvalue weighted by molar-refractivity contribution is 0.396. The SMILES string of the molecule is CN(C)Cc1c(-c2ccc3c(c2)CCCC3)nc2ccccn12. The monoisotopic (exact) mass is 305 g/mol. The van der Waals surface area contributed by atoms with Crippen LogP contribution in [0.25, 0.3) is 16.9 Å². The highest BCUT2D eigenvalue weighted by Crippen LogP contribution is 2.30. The first-order valence-corrected chi connectivity index (χ1v) is 8.45. The number of fused-ring (bicyclic) bond motifs is 2. The first kappa shape index (κ1) is 14.5. The summed E-state index contributed by atoms with van der Waals surface area (Å²) in [7, 11) is 4.22. The average Bonchev–Trinajstić information content (AvgIpc) is 2.93. The fraction of sp³-hybridized carbons (Fsp3) is 0.350. The third-order valence-corrected chi connectivity index (χ3v) is 4.72. The molecule has 0 unspecified atom stereocenters. The van der Waals surface area contributed by atoms with Gasteiger partial charge in [-0.1, -0.05) is 18.2 Å². The van der Waals surface area contributed by atoms with E-state index in [2.05, 4.69) is 66.0 Å². The summed E-state index contributed by atoms with van der Waals surface area (Å²) in [5, 5.41) is 0. The lowest BCUT2D eigenvalue weighted by atomic mass is 9.90. The highest BCUT2D eigenvalue weighted by molar-refractivity contribution is 5.68. The summed E-state index contributed by atoms with van der Waals surface area (Å²) in [6.07, 6.45) is 7.19. The number of pyridine rings is 1. The molecule has 3 aromatic rings. The van der Waals surface area contributed by atoms with Crippen molar-refractivity contribution in [2.75, 3.05) is 14.1 Å². The van der Waals surface area contributed by atoms with E-state index in [1.54, 1.807) is 0 Å². The van der Waals surface area contributed by atoms with Gasteiger partial charge in [0.15, 0.2) is 0 Å². The second-order valence-electron chi connectivity index (χ2n) is 6.76. The van der Waals surface area contributed by atoms with Gasteiger partial charge in [-0.05, 0) is 69.1 Å². The Morgan fingerprint density at radius 3 is 2.70 bits per heavy atom. The molecule has 1 aromatic carbocycles. The van der Waals surface area contributed by atoms with Crippen LogP contribution >= 0.6 is 0 Å². The number of hydrogen-bond donors (Lipinski definition) is 0. The lowest BCUT2D eigenvalue weighted by Crippen LogP contribution is -2.13. The Hall–Kier alpha value is -2.13. The van der Waals surface area contributed by atoms with E-state index >= 15 is 0 Å². The Labute approximate surface area is 137 Å². The Morgan fingerprint density at radius 2 is 1.87 bits per heavy atom. The highest BCUT2D eigenvalue weighted by Gasteiger charge is 2.16. The van der Waals surface area contributed by atoms with Crippen molar-refractivity contribution in [3.63, 3.8) is 0 Å². The number of benzene rings is 1.